The first kappa shape index (κ1) is 12.3. The quantitative estimate of drug-likeness (QED) is 0.834. The van der Waals surface area contributed by atoms with E-state index in [9.17, 15) is 4.79 Å². The second kappa shape index (κ2) is 5.97. The minimum Gasteiger partial charge on any atom is -0.326 e. The van der Waals surface area contributed by atoms with Gasteiger partial charge in [-0.3, -0.25) is 9.48 Å². The van der Waals surface area contributed by atoms with Crippen molar-refractivity contribution < 1.29 is 4.79 Å². The van der Waals surface area contributed by atoms with Gasteiger partial charge in [-0.25, -0.2) is 0 Å². The number of anilines is 1. The highest BCUT2D eigenvalue weighted by Crippen LogP contribution is 2.14. The lowest BCUT2D eigenvalue weighted by Gasteiger charge is -2.09. The first-order valence-electron chi connectivity index (χ1n) is 5.85. The second-order valence-corrected chi connectivity index (χ2v) is 3.93. The van der Waals surface area contributed by atoms with Crippen molar-refractivity contribution in [1.29, 1.82) is 0 Å². The number of amides is 1. The van der Waals surface area contributed by atoms with Gasteiger partial charge >= 0.3 is 0 Å². The van der Waals surface area contributed by atoms with Gasteiger partial charge < -0.3 is 11.1 Å². The molecule has 5 nitrogen and oxygen atoms in total. The SMILES string of the molecule is NCc1ccccc1NC(=O)CCn1cccn1. The van der Waals surface area contributed by atoms with Crippen LogP contribution in [0.2, 0.25) is 0 Å². The lowest BCUT2D eigenvalue weighted by atomic mass is 10.2. The Balaban J connectivity index is 1.90. The molecule has 0 fully saturated rings. The second-order valence-electron chi connectivity index (χ2n) is 3.93. The molecule has 0 saturated heterocycles. The van der Waals surface area contributed by atoms with Crippen molar-refractivity contribution in [1.82, 2.24) is 9.78 Å². The number of hydrogen-bond donors (Lipinski definition) is 2. The van der Waals surface area contributed by atoms with Crippen molar-refractivity contribution in [2.24, 2.45) is 5.73 Å². The Kier molecular flexibility index (Phi) is 4.09. The first-order valence-corrected chi connectivity index (χ1v) is 5.85. The number of carbonyl (C=O) groups excluding carboxylic acids is 1. The molecule has 0 aliphatic rings. The molecule has 1 aromatic heterocycles. The number of nitrogens with zero attached hydrogens (tertiary/aromatic N) is 2. The summed E-state index contributed by atoms with van der Waals surface area (Å²) < 4.78 is 1.73. The molecule has 3 N–H and O–H groups in total. The molecule has 1 amide bonds. The number of nitrogens with two attached hydrogens (primary N) is 1. The fourth-order valence-corrected chi connectivity index (χ4v) is 1.68. The summed E-state index contributed by atoms with van der Waals surface area (Å²) in [6.07, 6.45) is 3.92. The summed E-state index contributed by atoms with van der Waals surface area (Å²) in [5.74, 6) is -0.0357. The number of hydrogen-bond acceptors (Lipinski definition) is 3. The van der Waals surface area contributed by atoms with E-state index in [0.29, 0.717) is 19.5 Å². The summed E-state index contributed by atoms with van der Waals surface area (Å²) in [6, 6.07) is 9.38. The maximum atomic E-state index is 11.8. The number of nitrogens with one attached hydrogen (secondary N) is 1. The standard InChI is InChI=1S/C13H16N4O/c14-10-11-4-1-2-5-12(11)16-13(18)6-9-17-8-3-7-15-17/h1-5,7-8H,6,9-10,14H2,(H,16,18). The van der Waals surface area contributed by atoms with Gasteiger partial charge in [-0.1, -0.05) is 18.2 Å². The summed E-state index contributed by atoms with van der Waals surface area (Å²) in [6.45, 7) is 0.985. The molecule has 94 valence electrons. The summed E-state index contributed by atoms with van der Waals surface area (Å²) in [4.78, 5) is 11.8. The van der Waals surface area contributed by atoms with Gasteiger partial charge in [0.2, 0.25) is 5.91 Å². The third-order valence-corrected chi connectivity index (χ3v) is 2.64. The van der Waals surface area contributed by atoms with Gasteiger partial charge in [0.05, 0.1) is 0 Å². The Morgan fingerprint density at radius 3 is 2.89 bits per heavy atom. The minimum absolute atomic E-state index is 0.0357. The van der Waals surface area contributed by atoms with Crippen LogP contribution in [-0.2, 0) is 17.9 Å². The fraction of sp³-hybridized carbons (Fsp3) is 0.231. The molecule has 1 aromatic carbocycles. The van der Waals surface area contributed by atoms with Gasteiger partial charge in [0, 0.05) is 37.6 Å². The monoisotopic (exact) mass is 244 g/mol. The molecule has 18 heavy (non-hydrogen) atoms. The van der Waals surface area contributed by atoms with Crippen LogP contribution in [-0.4, -0.2) is 15.7 Å². The van der Waals surface area contributed by atoms with Crippen molar-refractivity contribution in [2.45, 2.75) is 19.5 Å². The Bertz CT molecular complexity index is 507. The highest BCUT2D eigenvalue weighted by atomic mass is 16.1. The normalized spacial score (nSPS) is 10.3. The van der Waals surface area contributed by atoms with E-state index < -0.39 is 0 Å². The summed E-state index contributed by atoms with van der Waals surface area (Å²) >= 11 is 0. The zero-order valence-corrected chi connectivity index (χ0v) is 10.0. The van der Waals surface area contributed by atoms with Crippen LogP contribution in [0, 0.1) is 0 Å². The molecule has 5 heteroatoms. The van der Waals surface area contributed by atoms with E-state index in [1.54, 1.807) is 10.9 Å². The van der Waals surface area contributed by atoms with Crippen molar-refractivity contribution in [2.75, 3.05) is 5.32 Å². The smallest absolute Gasteiger partial charge is 0.226 e. The van der Waals surface area contributed by atoms with Crippen LogP contribution in [0.1, 0.15) is 12.0 Å². The predicted octanol–water partition coefficient (Wildman–Crippen LogP) is 1.37. The zero-order chi connectivity index (χ0) is 12.8. The Labute approximate surface area is 106 Å². The van der Waals surface area contributed by atoms with E-state index in [1.807, 2.05) is 36.5 Å². The lowest BCUT2D eigenvalue weighted by Crippen LogP contribution is -2.16. The molecule has 1 heterocycles. The summed E-state index contributed by atoms with van der Waals surface area (Å²) in [5.41, 5.74) is 7.33. The lowest BCUT2D eigenvalue weighted by molar-refractivity contribution is -0.116. The van der Waals surface area contributed by atoms with Crippen LogP contribution in [0.3, 0.4) is 0 Å². The number of rotatable bonds is 5. The van der Waals surface area contributed by atoms with Crippen LogP contribution < -0.4 is 11.1 Å². The molecule has 0 unspecified atom stereocenters. The Morgan fingerprint density at radius 1 is 1.33 bits per heavy atom. The van der Waals surface area contributed by atoms with Crippen LogP contribution in [0.15, 0.2) is 42.7 Å². The fourth-order valence-electron chi connectivity index (χ4n) is 1.68. The van der Waals surface area contributed by atoms with E-state index >= 15 is 0 Å². The number of aryl methyl sites for hydroxylation is 1. The highest BCUT2D eigenvalue weighted by Gasteiger charge is 2.05. The third kappa shape index (κ3) is 3.18. The van der Waals surface area contributed by atoms with Crippen LogP contribution >= 0.6 is 0 Å². The number of benzene rings is 1. The molecule has 0 atom stereocenters. The van der Waals surface area contributed by atoms with E-state index in [1.165, 1.54) is 0 Å². The van der Waals surface area contributed by atoms with Crippen LogP contribution in [0.4, 0.5) is 5.69 Å². The minimum atomic E-state index is -0.0357. The van der Waals surface area contributed by atoms with Crippen LogP contribution in [0.5, 0.6) is 0 Å². The largest absolute Gasteiger partial charge is 0.326 e. The molecular formula is C13H16N4O. The molecule has 0 spiro atoms. The van der Waals surface area contributed by atoms with Crippen molar-refractivity contribution in [3.05, 3.63) is 48.3 Å². The van der Waals surface area contributed by atoms with Gasteiger partial charge in [0.1, 0.15) is 0 Å². The van der Waals surface area contributed by atoms with Gasteiger partial charge in [-0.2, -0.15) is 5.10 Å². The summed E-state index contributed by atoms with van der Waals surface area (Å²) in [5, 5.41) is 6.91. The van der Waals surface area contributed by atoms with Gasteiger partial charge in [0.25, 0.3) is 0 Å². The van der Waals surface area contributed by atoms with Crippen molar-refractivity contribution in [3.8, 4) is 0 Å². The zero-order valence-electron chi connectivity index (χ0n) is 10.0. The number of carbonyl (C=O) groups is 1. The third-order valence-electron chi connectivity index (χ3n) is 2.64. The van der Waals surface area contributed by atoms with Crippen LogP contribution in [0.25, 0.3) is 0 Å². The molecule has 0 radical (unpaired) electrons. The van der Waals surface area contributed by atoms with Crippen molar-refractivity contribution in [3.63, 3.8) is 0 Å². The topological polar surface area (TPSA) is 72.9 Å². The van der Waals surface area contributed by atoms with Gasteiger partial charge in [0.15, 0.2) is 0 Å². The van der Waals surface area contributed by atoms with E-state index in [4.69, 9.17) is 5.73 Å². The maximum Gasteiger partial charge on any atom is 0.226 e. The molecule has 2 aromatic rings. The average Bonchev–Trinajstić information content (AvgIpc) is 2.90. The first-order chi connectivity index (χ1) is 8.79. The molecule has 2 rings (SSSR count). The Hall–Kier alpha value is -2.14. The van der Waals surface area contributed by atoms with E-state index in [2.05, 4.69) is 10.4 Å². The van der Waals surface area contributed by atoms with Gasteiger partial charge in [-0.05, 0) is 17.7 Å². The maximum absolute atomic E-state index is 11.8. The predicted molar refractivity (Wildman–Crippen MR) is 69.8 cm³/mol. The molecule has 0 aliphatic carbocycles. The molecular weight excluding hydrogens is 228 g/mol. The summed E-state index contributed by atoms with van der Waals surface area (Å²) in [7, 11) is 0. The average molecular weight is 244 g/mol. The van der Waals surface area contributed by atoms with Gasteiger partial charge in [-0.15, -0.1) is 0 Å². The number of para-hydroxylation sites is 1. The van der Waals surface area contributed by atoms with E-state index in [-0.39, 0.29) is 5.91 Å². The Morgan fingerprint density at radius 2 is 2.17 bits per heavy atom. The molecule has 0 bridgehead atoms. The number of aromatic nitrogens is 2. The molecule has 0 aliphatic heterocycles. The van der Waals surface area contributed by atoms with E-state index in [0.717, 1.165) is 11.3 Å². The highest BCUT2D eigenvalue weighted by molar-refractivity contribution is 5.91. The van der Waals surface area contributed by atoms with Crippen molar-refractivity contribution >= 4 is 11.6 Å². The molecule has 0 saturated carbocycles.